The van der Waals surface area contributed by atoms with Crippen LogP contribution in [0.2, 0.25) is 0 Å². The molecule has 0 aliphatic rings. The molecule has 0 heterocycles. The van der Waals surface area contributed by atoms with Crippen molar-refractivity contribution in [3.8, 4) is 0 Å². The van der Waals surface area contributed by atoms with Gasteiger partial charge in [0, 0.05) is 13.1 Å². The summed E-state index contributed by atoms with van der Waals surface area (Å²) in [5, 5.41) is 6.48. The third kappa shape index (κ3) is 12.9. The number of ether oxygens (including phenoxy) is 2. The second-order valence-electron chi connectivity index (χ2n) is 4.78. The Labute approximate surface area is 135 Å². The molecule has 22 heavy (non-hydrogen) atoms. The summed E-state index contributed by atoms with van der Waals surface area (Å²) in [6.45, 7) is 21.6. The molecular formula is C18H30N2O2. The number of allylic oxidation sites excluding steroid dienone is 2. The van der Waals surface area contributed by atoms with Crippen LogP contribution in [0.3, 0.4) is 0 Å². The van der Waals surface area contributed by atoms with Crippen LogP contribution in [0.4, 0.5) is 0 Å². The summed E-state index contributed by atoms with van der Waals surface area (Å²) >= 11 is 0. The van der Waals surface area contributed by atoms with Crippen molar-refractivity contribution in [3.05, 3.63) is 62.4 Å². The van der Waals surface area contributed by atoms with Crippen LogP contribution in [0.5, 0.6) is 0 Å². The van der Waals surface area contributed by atoms with E-state index in [1.807, 2.05) is 0 Å². The van der Waals surface area contributed by atoms with Crippen LogP contribution < -0.4 is 10.6 Å². The van der Waals surface area contributed by atoms with E-state index in [0.717, 1.165) is 44.6 Å². The maximum atomic E-state index is 5.32. The summed E-state index contributed by atoms with van der Waals surface area (Å²) in [5.74, 6) is 2.10. The highest BCUT2D eigenvalue weighted by molar-refractivity contribution is 5.02. The van der Waals surface area contributed by atoms with E-state index in [0.29, 0.717) is 24.7 Å². The number of hydrogen-bond acceptors (Lipinski definition) is 4. The zero-order chi connectivity index (χ0) is 16.6. The molecule has 0 radical (unpaired) electrons. The molecule has 0 aliphatic carbocycles. The van der Waals surface area contributed by atoms with Gasteiger partial charge < -0.3 is 20.1 Å². The third-order valence-electron chi connectivity index (χ3n) is 2.85. The summed E-state index contributed by atoms with van der Waals surface area (Å²) in [6.07, 6.45) is 7.20. The van der Waals surface area contributed by atoms with Crippen LogP contribution in [0.25, 0.3) is 0 Å². The van der Waals surface area contributed by atoms with E-state index in [2.05, 4.69) is 43.5 Å². The van der Waals surface area contributed by atoms with Crippen molar-refractivity contribution in [1.29, 1.82) is 0 Å². The minimum Gasteiger partial charge on any atom is -0.494 e. The first-order chi connectivity index (χ1) is 10.6. The molecular weight excluding hydrogens is 276 g/mol. The molecule has 0 fully saturated rings. The topological polar surface area (TPSA) is 42.5 Å². The van der Waals surface area contributed by atoms with Crippen LogP contribution in [0.1, 0.15) is 25.7 Å². The first-order valence-corrected chi connectivity index (χ1v) is 7.65. The van der Waals surface area contributed by atoms with Crippen molar-refractivity contribution in [2.75, 3.05) is 26.3 Å². The Balaban J connectivity index is 3.32. The quantitative estimate of drug-likeness (QED) is 0.260. The van der Waals surface area contributed by atoms with Gasteiger partial charge in [0.15, 0.2) is 0 Å². The molecule has 4 heteroatoms. The van der Waals surface area contributed by atoms with Gasteiger partial charge >= 0.3 is 0 Å². The van der Waals surface area contributed by atoms with Gasteiger partial charge in [0.2, 0.25) is 0 Å². The number of rotatable bonds is 16. The molecule has 0 amide bonds. The van der Waals surface area contributed by atoms with Crippen LogP contribution in [0.15, 0.2) is 62.4 Å². The first kappa shape index (κ1) is 19.9. The van der Waals surface area contributed by atoms with Crippen LogP contribution in [-0.2, 0) is 9.47 Å². The SMILES string of the molecule is C=CC(=C)OCCCCNC(=C)NCCCCOC(=C)C=C. The molecule has 0 aliphatic heterocycles. The van der Waals surface area contributed by atoms with Gasteiger partial charge in [0.1, 0.15) is 11.5 Å². The van der Waals surface area contributed by atoms with Gasteiger partial charge in [-0.15, -0.1) is 0 Å². The predicted octanol–water partition coefficient (Wildman–Crippen LogP) is 3.63. The van der Waals surface area contributed by atoms with Crippen LogP contribution in [-0.4, -0.2) is 26.3 Å². The summed E-state index contributed by atoms with van der Waals surface area (Å²) in [6, 6.07) is 0. The van der Waals surface area contributed by atoms with Gasteiger partial charge in [0.25, 0.3) is 0 Å². The summed E-state index contributed by atoms with van der Waals surface area (Å²) in [4.78, 5) is 0. The van der Waals surface area contributed by atoms with Crippen molar-refractivity contribution in [1.82, 2.24) is 10.6 Å². The summed E-state index contributed by atoms with van der Waals surface area (Å²) in [5.41, 5.74) is 0. The van der Waals surface area contributed by atoms with Gasteiger partial charge in [-0.25, -0.2) is 0 Å². The maximum Gasteiger partial charge on any atom is 0.111 e. The van der Waals surface area contributed by atoms with Crippen molar-refractivity contribution >= 4 is 0 Å². The lowest BCUT2D eigenvalue weighted by atomic mass is 10.3. The highest BCUT2D eigenvalue weighted by atomic mass is 16.5. The first-order valence-electron chi connectivity index (χ1n) is 7.65. The van der Waals surface area contributed by atoms with Crippen LogP contribution >= 0.6 is 0 Å². The predicted molar refractivity (Wildman–Crippen MR) is 94.2 cm³/mol. The van der Waals surface area contributed by atoms with Crippen molar-refractivity contribution in [2.45, 2.75) is 25.7 Å². The second-order valence-corrected chi connectivity index (χ2v) is 4.78. The molecule has 2 N–H and O–H groups in total. The second kappa shape index (κ2) is 13.9. The van der Waals surface area contributed by atoms with E-state index in [-0.39, 0.29) is 0 Å². The lowest BCUT2D eigenvalue weighted by molar-refractivity contribution is 0.219. The maximum absolute atomic E-state index is 5.32. The molecule has 0 saturated heterocycles. The fourth-order valence-electron chi connectivity index (χ4n) is 1.52. The lowest BCUT2D eigenvalue weighted by Gasteiger charge is -2.12. The molecule has 0 rings (SSSR count). The van der Waals surface area contributed by atoms with E-state index in [9.17, 15) is 0 Å². The van der Waals surface area contributed by atoms with Gasteiger partial charge in [0.05, 0.1) is 19.0 Å². The average molecular weight is 306 g/mol. The zero-order valence-corrected chi connectivity index (χ0v) is 13.7. The number of hydrogen-bond donors (Lipinski definition) is 2. The molecule has 0 bridgehead atoms. The molecule has 124 valence electrons. The Kier molecular flexibility index (Phi) is 12.5. The standard InChI is InChI=1S/C18H30N2O2/c1-6-16(3)21-14-10-8-12-19-18(5)20-13-9-11-15-22-17(4)7-2/h6-7,19-20H,1-5,8-15H2. The molecule has 0 saturated carbocycles. The van der Waals surface area contributed by atoms with E-state index in [4.69, 9.17) is 9.47 Å². The lowest BCUT2D eigenvalue weighted by Crippen LogP contribution is -2.27. The van der Waals surface area contributed by atoms with Gasteiger partial charge in [-0.3, -0.25) is 0 Å². The summed E-state index contributed by atoms with van der Waals surface area (Å²) in [7, 11) is 0. The van der Waals surface area contributed by atoms with Crippen molar-refractivity contribution < 1.29 is 9.47 Å². The van der Waals surface area contributed by atoms with E-state index < -0.39 is 0 Å². The average Bonchev–Trinajstić information content (AvgIpc) is 2.53. The van der Waals surface area contributed by atoms with Gasteiger partial charge in [-0.05, 0) is 37.8 Å². The highest BCUT2D eigenvalue weighted by Crippen LogP contribution is 1.98. The zero-order valence-electron chi connectivity index (χ0n) is 13.7. The smallest absolute Gasteiger partial charge is 0.111 e. The number of nitrogens with one attached hydrogen (secondary N) is 2. The van der Waals surface area contributed by atoms with Gasteiger partial charge in [-0.2, -0.15) is 0 Å². The molecule has 0 aromatic heterocycles. The Morgan fingerprint density at radius 3 is 1.50 bits per heavy atom. The molecule has 0 spiro atoms. The molecule has 4 nitrogen and oxygen atoms in total. The largest absolute Gasteiger partial charge is 0.494 e. The van der Waals surface area contributed by atoms with E-state index in [1.165, 1.54) is 0 Å². The normalized spacial score (nSPS) is 9.45. The molecule has 0 unspecified atom stereocenters. The van der Waals surface area contributed by atoms with Crippen molar-refractivity contribution in [3.63, 3.8) is 0 Å². The van der Waals surface area contributed by atoms with Crippen molar-refractivity contribution in [2.24, 2.45) is 0 Å². The van der Waals surface area contributed by atoms with E-state index >= 15 is 0 Å². The fraction of sp³-hybridized carbons (Fsp3) is 0.444. The minimum absolute atomic E-state index is 0.625. The van der Waals surface area contributed by atoms with Crippen LogP contribution in [0, 0.1) is 0 Å². The molecule has 0 aromatic rings. The Hall–Kier alpha value is -2.10. The number of unbranched alkanes of at least 4 members (excludes halogenated alkanes) is 2. The summed E-state index contributed by atoms with van der Waals surface area (Å²) < 4.78 is 10.6. The minimum atomic E-state index is 0.625. The highest BCUT2D eigenvalue weighted by Gasteiger charge is 1.95. The molecule has 0 aromatic carbocycles. The molecule has 0 atom stereocenters. The Bertz CT molecular complexity index is 341. The Morgan fingerprint density at radius 2 is 1.14 bits per heavy atom. The monoisotopic (exact) mass is 306 g/mol. The van der Waals surface area contributed by atoms with E-state index in [1.54, 1.807) is 12.2 Å². The third-order valence-corrected chi connectivity index (χ3v) is 2.85. The van der Waals surface area contributed by atoms with Gasteiger partial charge in [-0.1, -0.05) is 32.9 Å². The Morgan fingerprint density at radius 1 is 0.727 bits per heavy atom. The fourth-order valence-corrected chi connectivity index (χ4v) is 1.52.